The van der Waals surface area contributed by atoms with E-state index in [0.717, 1.165) is 51.0 Å². The van der Waals surface area contributed by atoms with Crippen LogP contribution in [0.2, 0.25) is 0 Å². The minimum absolute atomic E-state index is 0.0268. The number of hydrogen-bond acceptors (Lipinski definition) is 4. The maximum Gasteiger partial charge on any atom is 0.416 e. The molecule has 0 aliphatic carbocycles. The number of rotatable bonds is 8. The molecule has 0 saturated carbocycles. The molecular weight excluding hydrogens is 427 g/mol. The Morgan fingerprint density at radius 3 is 2.68 bits per heavy atom. The Kier molecular flexibility index (Phi) is 8.34. The summed E-state index contributed by atoms with van der Waals surface area (Å²) in [5.74, 6) is 0. The van der Waals surface area contributed by atoms with Crippen LogP contribution in [0, 0.1) is 0 Å². The van der Waals surface area contributed by atoms with Gasteiger partial charge in [-0.25, -0.2) is 4.79 Å². The lowest BCUT2D eigenvalue weighted by Crippen LogP contribution is -2.50. The zero-order chi connectivity index (χ0) is 22.3. The number of thiophene rings is 1. The number of nitrogens with zero attached hydrogens (tertiary/aromatic N) is 2. The molecular formula is C22H28F3N3O2S. The van der Waals surface area contributed by atoms with Gasteiger partial charge in [-0.1, -0.05) is 12.1 Å². The van der Waals surface area contributed by atoms with Crippen molar-refractivity contribution < 1.29 is 22.7 Å². The highest BCUT2D eigenvalue weighted by atomic mass is 32.1. The van der Waals surface area contributed by atoms with Crippen LogP contribution in [0.1, 0.15) is 23.3 Å². The number of methoxy groups -OCH3 is 1. The number of anilines is 1. The highest BCUT2D eigenvalue weighted by Crippen LogP contribution is 2.31. The molecule has 3 rings (SSSR count). The van der Waals surface area contributed by atoms with Gasteiger partial charge in [0.1, 0.15) is 0 Å². The molecule has 0 spiro atoms. The third-order valence-electron chi connectivity index (χ3n) is 5.49. The Morgan fingerprint density at radius 1 is 1.26 bits per heavy atom. The van der Waals surface area contributed by atoms with Crippen LogP contribution in [-0.4, -0.2) is 61.8 Å². The average molecular weight is 456 g/mol. The molecule has 9 heteroatoms. The second-order valence-corrected chi connectivity index (χ2v) is 8.63. The van der Waals surface area contributed by atoms with Gasteiger partial charge in [0.15, 0.2) is 0 Å². The first-order chi connectivity index (χ1) is 14.9. The molecule has 31 heavy (non-hydrogen) atoms. The van der Waals surface area contributed by atoms with Gasteiger partial charge >= 0.3 is 12.2 Å². The molecule has 1 aromatic carbocycles. The van der Waals surface area contributed by atoms with Crippen LogP contribution < -0.4 is 5.32 Å². The summed E-state index contributed by atoms with van der Waals surface area (Å²) in [6, 6.07) is 8.54. The summed E-state index contributed by atoms with van der Waals surface area (Å²) in [5.41, 5.74) is -0.650. The fourth-order valence-electron chi connectivity index (χ4n) is 3.79. The van der Waals surface area contributed by atoms with Gasteiger partial charge < -0.3 is 19.9 Å². The largest absolute Gasteiger partial charge is 0.416 e. The van der Waals surface area contributed by atoms with Crippen molar-refractivity contribution >= 4 is 23.1 Å². The molecule has 2 amide bonds. The van der Waals surface area contributed by atoms with E-state index in [2.05, 4.69) is 27.7 Å². The maximum absolute atomic E-state index is 13.0. The molecule has 5 nitrogen and oxygen atoms in total. The minimum Gasteiger partial charge on any atom is -0.383 e. The van der Waals surface area contributed by atoms with Crippen molar-refractivity contribution in [1.29, 1.82) is 0 Å². The molecule has 1 aliphatic rings. The number of ether oxygens (including phenoxy) is 1. The van der Waals surface area contributed by atoms with E-state index >= 15 is 0 Å². The van der Waals surface area contributed by atoms with Crippen LogP contribution in [-0.2, 0) is 17.3 Å². The molecule has 1 fully saturated rings. The molecule has 1 saturated heterocycles. The van der Waals surface area contributed by atoms with Crippen molar-refractivity contribution in [3.63, 3.8) is 0 Å². The number of halogens is 3. The van der Waals surface area contributed by atoms with Crippen LogP contribution >= 0.6 is 11.3 Å². The lowest BCUT2D eigenvalue weighted by Gasteiger charge is -2.38. The van der Waals surface area contributed by atoms with E-state index in [0.29, 0.717) is 13.2 Å². The summed E-state index contributed by atoms with van der Waals surface area (Å²) in [5, 5.41) is 4.72. The zero-order valence-electron chi connectivity index (χ0n) is 17.5. The Bertz CT molecular complexity index is 822. The van der Waals surface area contributed by atoms with Gasteiger partial charge in [-0.2, -0.15) is 13.2 Å². The Labute approximate surface area is 184 Å². The van der Waals surface area contributed by atoms with Crippen molar-refractivity contribution in [3.8, 4) is 0 Å². The highest BCUT2D eigenvalue weighted by Gasteiger charge is 2.31. The third-order valence-corrected chi connectivity index (χ3v) is 6.43. The van der Waals surface area contributed by atoms with Gasteiger partial charge in [-0.3, -0.25) is 0 Å². The normalized spacial score (nSPS) is 15.7. The van der Waals surface area contributed by atoms with Crippen LogP contribution in [0.15, 0.2) is 41.8 Å². The van der Waals surface area contributed by atoms with E-state index in [1.807, 2.05) is 0 Å². The predicted molar refractivity (Wildman–Crippen MR) is 117 cm³/mol. The third kappa shape index (κ3) is 6.95. The van der Waals surface area contributed by atoms with E-state index in [1.54, 1.807) is 23.3 Å². The number of amides is 2. The second-order valence-electron chi connectivity index (χ2n) is 7.60. The van der Waals surface area contributed by atoms with Gasteiger partial charge in [0.05, 0.1) is 12.2 Å². The first-order valence-electron chi connectivity index (χ1n) is 10.4. The fourth-order valence-corrected chi connectivity index (χ4v) is 4.48. The zero-order valence-corrected chi connectivity index (χ0v) is 18.3. The summed E-state index contributed by atoms with van der Waals surface area (Å²) in [7, 11) is 1.57. The molecule has 1 aliphatic heterocycles. The van der Waals surface area contributed by atoms with Crippen molar-refractivity contribution in [3.05, 3.63) is 52.2 Å². The minimum atomic E-state index is -4.45. The number of carbonyl (C=O) groups is 1. The van der Waals surface area contributed by atoms with Crippen molar-refractivity contribution in [2.45, 2.75) is 31.5 Å². The van der Waals surface area contributed by atoms with E-state index < -0.39 is 17.8 Å². The van der Waals surface area contributed by atoms with Gasteiger partial charge in [0.2, 0.25) is 0 Å². The Balaban J connectivity index is 1.57. The second kappa shape index (κ2) is 11.0. The fraction of sp³-hybridized carbons (Fsp3) is 0.500. The molecule has 0 atom stereocenters. The number of hydrogen-bond donors (Lipinski definition) is 1. The number of urea groups is 1. The first-order valence-corrected chi connectivity index (χ1v) is 11.2. The quantitative estimate of drug-likeness (QED) is 0.612. The number of likely N-dealkylation sites (tertiary alicyclic amines) is 1. The molecule has 2 aromatic rings. The van der Waals surface area contributed by atoms with Crippen LogP contribution in [0.4, 0.5) is 23.7 Å². The van der Waals surface area contributed by atoms with Gasteiger partial charge in [0, 0.05) is 49.9 Å². The lowest BCUT2D eigenvalue weighted by atomic mass is 10.0. The van der Waals surface area contributed by atoms with E-state index in [9.17, 15) is 18.0 Å². The highest BCUT2D eigenvalue weighted by molar-refractivity contribution is 7.09. The molecule has 0 radical (unpaired) electrons. The maximum atomic E-state index is 13.0. The van der Waals surface area contributed by atoms with Crippen LogP contribution in [0.3, 0.4) is 0 Å². The summed E-state index contributed by atoms with van der Waals surface area (Å²) in [4.78, 5) is 18.4. The topological polar surface area (TPSA) is 44.8 Å². The number of benzene rings is 1. The Hall–Kier alpha value is -2.10. The van der Waals surface area contributed by atoms with E-state index in [1.165, 1.54) is 17.0 Å². The van der Waals surface area contributed by atoms with Crippen molar-refractivity contribution in [2.75, 3.05) is 45.2 Å². The van der Waals surface area contributed by atoms with Gasteiger partial charge in [-0.15, -0.1) is 11.3 Å². The van der Waals surface area contributed by atoms with Crippen LogP contribution in [0.5, 0.6) is 0 Å². The summed E-state index contributed by atoms with van der Waals surface area (Å²) in [6.45, 7) is 3.52. The number of piperidine rings is 1. The summed E-state index contributed by atoms with van der Waals surface area (Å²) in [6.07, 6.45) is -1.79. The summed E-state index contributed by atoms with van der Waals surface area (Å²) >= 11 is 1.76. The Morgan fingerprint density at radius 2 is 2.03 bits per heavy atom. The number of carbonyl (C=O) groups excluding carboxylic acids is 1. The first kappa shape index (κ1) is 23.6. The van der Waals surface area contributed by atoms with Crippen molar-refractivity contribution in [1.82, 2.24) is 9.80 Å². The standard InChI is InChI=1S/C22H28F3N3O2S/c1-30-14-13-28(21(29)26-18-5-2-4-17(16-18)22(23,24)25)19-7-10-27(11-8-19)12-9-20-6-3-15-31-20/h2-6,15-16,19H,7-14H2,1H3,(H,26,29). The molecule has 1 aromatic heterocycles. The van der Waals surface area contributed by atoms with E-state index in [-0.39, 0.29) is 11.7 Å². The summed E-state index contributed by atoms with van der Waals surface area (Å²) < 4.78 is 44.0. The molecule has 1 N–H and O–H groups in total. The predicted octanol–water partition coefficient (Wildman–Crippen LogP) is 4.95. The van der Waals surface area contributed by atoms with Crippen LogP contribution in [0.25, 0.3) is 0 Å². The molecule has 0 unspecified atom stereocenters. The molecule has 170 valence electrons. The SMILES string of the molecule is COCCN(C(=O)Nc1cccc(C(F)(F)F)c1)C1CCN(CCc2cccs2)CC1. The van der Waals surface area contributed by atoms with Crippen molar-refractivity contribution in [2.24, 2.45) is 0 Å². The molecule has 2 heterocycles. The van der Waals surface area contributed by atoms with Gasteiger partial charge in [0.25, 0.3) is 0 Å². The lowest BCUT2D eigenvalue weighted by molar-refractivity contribution is -0.137. The monoisotopic (exact) mass is 455 g/mol. The van der Waals surface area contributed by atoms with E-state index in [4.69, 9.17) is 4.74 Å². The van der Waals surface area contributed by atoms with Gasteiger partial charge in [-0.05, 0) is 48.9 Å². The number of nitrogens with one attached hydrogen (secondary N) is 1. The average Bonchev–Trinajstić information content (AvgIpc) is 3.27. The molecule has 0 bridgehead atoms. The number of alkyl halides is 3. The smallest absolute Gasteiger partial charge is 0.383 e.